The third-order valence-corrected chi connectivity index (χ3v) is 7.15. The van der Waals surface area contributed by atoms with Gasteiger partial charge in [0.2, 0.25) is 5.91 Å². The number of nitrogens with one attached hydrogen (secondary N) is 1. The van der Waals surface area contributed by atoms with Gasteiger partial charge in [-0.1, -0.05) is 48.5 Å². The van der Waals surface area contributed by atoms with Gasteiger partial charge in [0, 0.05) is 24.3 Å². The first-order chi connectivity index (χ1) is 15.5. The monoisotopic (exact) mass is 434 g/mol. The van der Waals surface area contributed by atoms with E-state index in [1.807, 2.05) is 43.0 Å². The minimum atomic E-state index is 0.0126. The average molecular weight is 435 g/mol. The Hall–Kier alpha value is -2.66. The zero-order valence-corrected chi connectivity index (χ0v) is 19.5. The van der Waals surface area contributed by atoms with Crippen LogP contribution in [0, 0.1) is 19.8 Å². The molecule has 0 saturated carbocycles. The van der Waals surface area contributed by atoms with Gasteiger partial charge >= 0.3 is 0 Å². The largest absolute Gasteiger partial charge is 0.342 e. The summed E-state index contributed by atoms with van der Waals surface area (Å²) in [5.41, 5.74) is 4.29. The normalized spacial score (nSPS) is 23.2. The molecule has 2 heterocycles. The van der Waals surface area contributed by atoms with Gasteiger partial charge in [-0.05, 0) is 50.7 Å². The van der Waals surface area contributed by atoms with Crippen molar-refractivity contribution in [2.24, 2.45) is 5.92 Å². The second kappa shape index (κ2) is 9.86. The zero-order chi connectivity index (χ0) is 22.6. The quantitative estimate of drug-likeness (QED) is 0.690. The topological polar surface area (TPSA) is 49.4 Å². The molecule has 0 spiro atoms. The molecule has 5 heteroatoms. The number of amides is 2. The smallest absolute Gasteiger partial charge is 0.279 e. The minimum absolute atomic E-state index is 0.0126. The molecule has 0 radical (unpaired) electrons. The standard InChI is InChI=1S/C27H35N3O2/c1-21-10-8-11-22(2)26(21)28-25(31)20-30(18-23-12-4-3-5-13-23)17-9-14-24(19-30)27(32)29-15-6-7-16-29/h3-5,8,10-13,24H,6-7,9,14-20H2,1-2H3/p+1. The molecule has 2 atom stereocenters. The Morgan fingerprint density at radius 3 is 2.34 bits per heavy atom. The molecular weight excluding hydrogens is 398 g/mol. The van der Waals surface area contributed by atoms with Crippen LogP contribution >= 0.6 is 0 Å². The molecule has 2 unspecified atom stereocenters. The van der Waals surface area contributed by atoms with Crippen LogP contribution in [0.15, 0.2) is 48.5 Å². The van der Waals surface area contributed by atoms with Gasteiger partial charge in [0.05, 0.1) is 19.0 Å². The molecule has 2 aliphatic rings. The number of nitrogens with zero attached hydrogens (tertiary/aromatic N) is 2. The number of quaternary nitrogens is 1. The Labute approximate surface area is 192 Å². The van der Waals surface area contributed by atoms with Gasteiger partial charge in [0.15, 0.2) is 6.54 Å². The van der Waals surface area contributed by atoms with Crippen LogP contribution in [-0.4, -0.2) is 53.9 Å². The predicted molar refractivity (Wildman–Crippen MR) is 128 cm³/mol. The van der Waals surface area contributed by atoms with E-state index in [9.17, 15) is 9.59 Å². The molecule has 170 valence electrons. The van der Waals surface area contributed by atoms with Gasteiger partial charge in [0.1, 0.15) is 6.54 Å². The number of hydrogen-bond donors (Lipinski definition) is 1. The first-order valence-electron chi connectivity index (χ1n) is 12.0. The number of hydrogen-bond acceptors (Lipinski definition) is 2. The molecule has 2 aromatic rings. The summed E-state index contributed by atoms with van der Waals surface area (Å²) >= 11 is 0. The third kappa shape index (κ3) is 5.21. The third-order valence-electron chi connectivity index (χ3n) is 7.15. The van der Waals surface area contributed by atoms with E-state index in [4.69, 9.17) is 0 Å². The maximum atomic E-state index is 13.3. The Bertz CT molecular complexity index is 932. The van der Waals surface area contributed by atoms with E-state index in [0.29, 0.717) is 16.9 Å². The van der Waals surface area contributed by atoms with Gasteiger partial charge in [-0.15, -0.1) is 0 Å². The Kier molecular flexibility index (Phi) is 6.95. The summed E-state index contributed by atoms with van der Waals surface area (Å²) < 4.78 is 0.644. The van der Waals surface area contributed by atoms with Gasteiger partial charge in [0.25, 0.3) is 5.91 Å². The van der Waals surface area contributed by atoms with Crippen LogP contribution in [0.3, 0.4) is 0 Å². The van der Waals surface area contributed by atoms with Crippen LogP contribution in [0.2, 0.25) is 0 Å². The highest BCUT2D eigenvalue weighted by molar-refractivity contribution is 5.93. The minimum Gasteiger partial charge on any atom is -0.342 e. The first-order valence-corrected chi connectivity index (χ1v) is 12.0. The molecule has 5 nitrogen and oxygen atoms in total. The predicted octanol–water partition coefficient (Wildman–Crippen LogP) is 4.29. The molecule has 0 aromatic heterocycles. The van der Waals surface area contributed by atoms with Crippen molar-refractivity contribution in [1.29, 1.82) is 0 Å². The lowest BCUT2D eigenvalue weighted by atomic mass is 9.93. The Morgan fingerprint density at radius 1 is 0.969 bits per heavy atom. The number of rotatable bonds is 6. The van der Waals surface area contributed by atoms with Crippen molar-refractivity contribution < 1.29 is 14.1 Å². The fourth-order valence-electron chi connectivity index (χ4n) is 5.53. The average Bonchev–Trinajstić information content (AvgIpc) is 3.31. The zero-order valence-electron chi connectivity index (χ0n) is 19.5. The van der Waals surface area contributed by atoms with Crippen molar-refractivity contribution in [2.75, 3.05) is 38.0 Å². The summed E-state index contributed by atoms with van der Waals surface area (Å²) in [5.74, 6) is 0.346. The molecule has 2 aliphatic heterocycles. The number of anilines is 1. The molecular formula is C27H36N3O2+. The van der Waals surface area contributed by atoms with E-state index in [2.05, 4.69) is 29.6 Å². The van der Waals surface area contributed by atoms with Crippen LogP contribution < -0.4 is 5.32 Å². The molecule has 32 heavy (non-hydrogen) atoms. The van der Waals surface area contributed by atoms with Crippen LogP contribution in [0.25, 0.3) is 0 Å². The van der Waals surface area contributed by atoms with Gasteiger partial charge in [-0.2, -0.15) is 0 Å². The molecule has 2 saturated heterocycles. The number of carbonyl (C=O) groups is 2. The van der Waals surface area contributed by atoms with Crippen molar-refractivity contribution >= 4 is 17.5 Å². The van der Waals surface area contributed by atoms with E-state index in [0.717, 1.165) is 75.2 Å². The van der Waals surface area contributed by atoms with E-state index in [1.54, 1.807) is 0 Å². The van der Waals surface area contributed by atoms with Crippen LogP contribution in [-0.2, 0) is 16.1 Å². The second-order valence-electron chi connectivity index (χ2n) is 9.74. The molecule has 0 aliphatic carbocycles. The highest BCUT2D eigenvalue weighted by Crippen LogP contribution is 2.29. The maximum Gasteiger partial charge on any atom is 0.279 e. The lowest BCUT2D eigenvalue weighted by Gasteiger charge is -2.44. The molecule has 2 aromatic carbocycles. The summed E-state index contributed by atoms with van der Waals surface area (Å²) in [4.78, 5) is 28.6. The Morgan fingerprint density at radius 2 is 1.66 bits per heavy atom. The lowest BCUT2D eigenvalue weighted by molar-refractivity contribution is -0.940. The SMILES string of the molecule is Cc1cccc(C)c1NC(=O)C[N+]1(Cc2ccccc2)CCCC(C(=O)N2CCCC2)C1. The van der Waals surface area contributed by atoms with E-state index in [-0.39, 0.29) is 11.8 Å². The van der Waals surface area contributed by atoms with Crippen molar-refractivity contribution in [2.45, 2.75) is 46.1 Å². The summed E-state index contributed by atoms with van der Waals surface area (Å²) in [6.07, 6.45) is 4.14. The lowest BCUT2D eigenvalue weighted by Crippen LogP contribution is -2.58. The second-order valence-corrected chi connectivity index (χ2v) is 9.74. The van der Waals surface area contributed by atoms with E-state index in [1.165, 1.54) is 5.56 Å². The number of benzene rings is 2. The van der Waals surface area contributed by atoms with Gasteiger partial charge < -0.3 is 14.7 Å². The van der Waals surface area contributed by atoms with Crippen molar-refractivity contribution in [3.8, 4) is 0 Å². The fraction of sp³-hybridized carbons (Fsp3) is 0.481. The number of aryl methyl sites for hydroxylation is 2. The first kappa shape index (κ1) is 22.5. The number of para-hydroxylation sites is 1. The summed E-state index contributed by atoms with van der Waals surface area (Å²) in [6, 6.07) is 16.5. The molecule has 1 N–H and O–H groups in total. The maximum absolute atomic E-state index is 13.3. The molecule has 2 amide bonds. The fourth-order valence-corrected chi connectivity index (χ4v) is 5.53. The van der Waals surface area contributed by atoms with Crippen LogP contribution in [0.4, 0.5) is 5.69 Å². The van der Waals surface area contributed by atoms with Gasteiger partial charge in [-0.25, -0.2) is 0 Å². The molecule has 4 rings (SSSR count). The number of carbonyl (C=O) groups excluding carboxylic acids is 2. The highest BCUT2D eigenvalue weighted by Gasteiger charge is 2.41. The van der Waals surface area contributed by atoms with Crippen molar-refractivity contribution in [3.63, 3.8) is 0 Å². The summed E-state index contributed by atoms with van der Waals surface area (Å²) in [7, 11) is 0. The highest BCUT2D eigenvalue weighted by atomic mass is 16.2. The van der Waals surface area contributed by atoms with Crippen molar-refractivity contribution in [1.82, 2.24) is 4.90 Å². The van der Waals surface area contributed by atoms with Crippen molar-refractivity contribution in [3.05, 3.63) is 65.2 Å². The van der Waals surface area contributed by atoms with E-state index < -0.39 is 0 Å². The van der Waals surface area contributed by atoms with Crippen LogP contribution in [0.1, 0.15) is 42.4 Å². The summed E-state index contributed by atoms with van der Waals surface area (Å²) in [5, 5.41) is 3.19. The summed E-state index contributed by atoms with van der Waals surface area (Å²) in [6.45, 7) is 8.69. The number of piperidine rings is 1. The van der Waals surface area contributed by atoms with Gasteiger partial charge in [-0.3, -0.25) is 9.59 Å². The number of likely N-dealkylation sites (tertiary alicyclic amines) is 2. The molecule has 2 fully saturated rings. The van der Waals surface area contributed by atoms with Crippen LogP contribution in [0.5, 0.6) is 0 Å². The molecule has 0 bridgehead atoms. The Balaban J connectivity index is 1.55. The van der Waals surface area contributed by atoms with E-state index >= 15 is 0 Å².